The number of aliphatic imine (C=N–C) groups is 1. The Kier molecular flexibility index (Phi) is 5.24. The molecule has 0 unspecified atom stereocenters. The zero-order valence-electron chi connectivity index (χ0n) is 13.6. The van der Waals surface area contributed by atoms with Crippen molar-refractivity contribution in [3.63, 3.8) is 0 Å². The van der Waals surface area contributed by atoms with E-state index in [4.69, 9.17) is 0 Å². The number of carbonyl (C=O) groups excluding carboxylic acids is 1. The number of piperazine rings is 1. The van der Waals surface area contributed by atoms with Gasteiger partial charge in [0.15, 0.2) is 5.96 Å². The van der Waals surface area contributed by atoms with Gasteiger partial charge in [-0.1, -0.05) is 0 Å². The summed E-state index contributed by atoms with van der Waals surface area (Å²) < 4.78 is 24.0. The molecule has 128 valence electrons. The Morgan fingerprint density at radius 2 is 2.17 bits per heavy atom. The topological polar surface area (TPSA) is 99.9 Å². The molecule has 0 aromatic carbocycles. The van der Waals surface area contributed by atoms with Crippen LogP contribution in [0, 0.1) is 0 Å². The summed E-state index contributed by atoms with van der Waals surface area (Å²) in [7, 11) is 0.383. The van der Waals surface area contributed by atoms with Crippen LogP contribution in [0.2, 0.25) is 0 Å². The molecule has 1 saturated heterocycles. The SMILES string of the molecule is CN=C(NCCS(C)(=O)=O)N1CCN(c2cnn(C)c2)C(=O)C1. The van der Waals surface area contributed by atoms with Gasteiger partial charge in [0, 0.05) is 46.2 Å². The third-order valence-electron chi connectivity index (χ3n) is 3.49. The molecule has 0 spiro atoms. The summed E-state index contributed by atoms with van der Waals surface area (Å²) in [6.45, 7) is 1.59. The second-order valence-corrected chi connectivity index (χ2v) is 7.70. The molecule has 2 heterocycles. The number of nitrogens with one attached hydrogen (secondary N) is 1. The fourth-order valence-corrected chi connectivity index (χ4v) is 2.83. The molecule has 23 heavy (non-hydrogen) atoms. The van der Waals surface area contributed by atoms with Gasteiger partial charge >= 0.3 is 0 Å². The maximum absolute atomic E-state index is 12.3. The van der Waals surface area contributed by atoms with Crippen LogP contribution in [0.15, 0.2) is 17.4 Å². The normalized spacial score (nSPS) is 16.8. The second kappa shape index (κ2) is 6.99. The highest BCUT2D eigenvalue weighted by Gasteiger charge is 2.27. The number of carbonyl (C=O) groups is 1. The number of amides is 1. The molecule has 1 N–H and O–H groups in total. The Balaban J connectivity index is 1.94. The molecule has 0 aliphatic carbocycles. The first kappa shape index (κ1) is 17.3. The molecule has 10 heteroatoms. The summed E-state index contributed by atoms with van der Waals surface area (Å²) in [5.74, 6) is 0.512. The zero-order chi connectivity index (χ0) is 17.0. The van der Waals surface area contributed by atoms with Crippen LogP contribution in [0.5, 0.6) is 0 Å². The lowest BCUT2D eigenvalue weighted by Crippen LogP contribution is -2.55. The number of hydrogen-bond donors (Lipinski definition) is 1. The maximum atomic E-state index is 12.3. The zero-order valence-corrected chi connectivity index (χ0v) is 14.4. The third-order valence-corrected chi connectivity index (χ3v) is 4.44. The molecule has 0 atom stereocenters. The quantitative estimate of drug-likeness (QED) is 0.539. The van der Waals surface area contributed by atoms with Gasteiger partial charge in [-0.3, -0.25) is 14.5 Å². The lowest BCUT2D eigenvalue weighted by molar-refractivity contribution is -0.120. The van der Waals surface area contributed by atoms with Crippen molar-refractivity contribution in [3.05, 3.63) is 12.4 Å². The Labute approximate surface area is 135 Å². The molecule has 9 nitrogen and oxygen atoms in total. The van der Waals surface area contributed by atoms with Crippen molar-refractivity contribution in [3.8, 4) is 0 Å². The van der Waals surface area contributed by atoms with Crippen molar-refractivity contribution >= 4 is 27.4 Å². The Morgan fingerprint density at radius 3 is 2.70 bits per heavy atom. The van der Waals surface area contributed by atoms with E-state index in [9.17, 15) is 13.2 Å². The van der Waals surface area contributed by atoms with Gasteiger partial charge in [0.05, 0.1) is 17.6 Å². The van der Waals surface area contributed by atoms with Crippen molar-refractivity contribution in [1.29, 1.82) is 0 Å². The van der Waals surface area contributed by atoms with Crippen molar-refractivity contribution in [2.75, 3.05) is 50.1 Å². The van der Waals surface area contributed by atoms with Crippen LogP contribution >= 0.6 is 0 Å². The smallest absolute Gasteiger partial charge is 0.246 e. The molecule has 0 saturated carbocycles. The van der Waals surface area contributed by atoms with Crippen LogP contribution in [0.25, 0.3) is 0 Å². The largest absolute Gasteiger partial charge is 0.355 e. The predicted molar refractivity (Wildman–Crippen MR) is 88.2 cm³/mol. The van der Waals surface area contributed by atoms with E-state index in [2.05, 4.69) is 15.4 Å². The van der Waals surface area contributed by atoms with Gasteiger partial charge in [-0.15, -0.1) is 0 Å². The van der Waals surface area contributed by atoms with Crippen molar-refractivity contribution in [2.45, 2.75) is 0 Å². The van der Waals surface area contributed by atoms with Crippen molar-refractivity contribution in [2.24, 2.45) is 12.0 Å². The monoisotopic (exact) mass is 342 g/mol. The molecule has 0 bridgehead atoms. The summed E-state index contributed by atoms with van der Waals surface area (Å²) in [4.78, 5) is 20.0. The number of guanidine groups is 1. The van der Waals surface area contributed by atoms with Crippen LogP contribution in [0.3, 0.4) is 0 Å². The molecular formula is C13H22N6O3S. The number of aromatic nitrogens is 2. The van der Waals surface area contributed by atoms with Gasteiger partial charge in [0.25, 0.3) is 0 Å². The van der Waals surface area contributed by atoms with E-state index in [1.165, 1.54) is 6.26 Å². The highest BCUT2D eigenvalue weighted by Crippen LogP contribution is 2.15. The van der Waals surface area contributed by atoms with Crippen LogP contribution in [-0.2, 0) is 21.7 Å². The van der Waals surface area contributed by atoms with E-state index in [0.717, 1.165) is 5.69 Å². The van der Waals surface area contributed by atoms with Gasteiger partial charge < -0.3 is 15.1 Å². The number of rotatable bonds is 4. The van der Waals surface area contributed by atoms with E-state index in [1.54, 1.807) is 36.1 Å². The average Bonchev–Trinajstić information content (AvgIpc) is 2.88. The number of hydrogen-bond acceptors (Lipinski definition) is 5. The first-order valence-corrected chi connectivity index (χ1v) is 9.28. The number of aryl methyl sites for hydroxylation is 1. The minimum atomic E-state index is -3.03. The van der Waals surface area contributed by atoms with Crippen LogP contribution in [0.1, 0.15) is 0 Å². The van der Waals surface area contributed by atoms with E-state index in [1.807, 2.05) is 4.90 Å². The maximum Gasteiger partial charge on any atom is 0.246 e. The Hall–Kier alpha value is -2.10. The predicted octanol–water partition coefficient (Wildman–Crippen LogP) is -1.31. The van der Waals surface area contributed by atoms with Gasteiger partial charge in [-0.2, -0.15) is 5.10 Å². The number of nitrogens with zero attached hydrogens (tertiary/aromatic N) is 5. The molecule has 1 fully saturated rings. The van der Waals surface area contributed by atoms with Crippen molar-refractivity contribution < 1.29 is 13.2 Å². The first-order chi connectivity index (χ1) is 10.8. The van der Waals surface area contributed by atoms with Crippen molar-refractivity contribution in [1.82, 2.24) is 20.0 Å². The van der Waals surface area contributed by atoms with Crippen LogP contribution in [0.4, 0.5) is 5.69 Å². The molecule has 1 aliphatic rings. The summed E-state index contributed by atoms with van der Waals surface area (Å²) >= 11 is 0. The molecule has 1 aromatic rings. The molecular weight excluding hydrogens is 320 g/mol. The minimum absolute atomic E-state index is 0.0234. The fraction of sp³-hybridized carbons (Fsp3) is 0.615. The summed E-state index contributed by atoms with van der Waals surface area (Å²) in [5, 5.41) is 7.06. The molecule has 2 rings (SSSR count). The van der Waals surface area contributed by atoms with Crippen LogP contribution < -0.4 is 10.2 Å². The lowest BCUT2D eigenvalue weighted by Gasteiger charge is -2.35. The highest BCUT2D eigenvalue weighted by molar-refractivity contribution is 7.90. The first-order valence-electron chi connectivity index (χ1n) is 7.22. The fourth-order valence-electron chi connectivity index (χ4n) is 2.36. The van der Waals surface area contributed by atoms with Gasteiger partial charge in [-0.05, 0) is 0 Å². The van der Waals surface area contributed by atoms with Gasteiger partial charge in [0.1, 0.15) is 16.4 Å². The summed E-state index contributed by atoms with van der Waals surface area (Å²) in [6.07, 6.45) is 4.65. The molecule has 0 radical (unpaired) electrons. The molecule has 1 aromatic heterocycles. The Bertz CT molecular complexity index is 696. The van der Waals surface area contributed by atoms with Gasteiger partial charge in [-0.25, -0.2) is 8.42 Å². The second-order valence-electron chi connectivity index (χ2n) is 5.44. The Morgan fingerprint density at radius 1 is 1.43 bits per heavy atom. The molecule has 1 amide bonds. The lowest BCUT2D eigenvalue weighted by atomic mass is 10.3. The molecule has 1 aliphatic heterocycles. The summed E-state index contributed by atoms with van der Waals surface area (Å²) in [5.41, 5.74) is 0.775. The van der Waals surface area contributed by atoms with Gasteiger partial charge in [0.2, 0.25) is 5.91 Å². The van der Waals surface area contributed by atoms with Crippen LogP contribution in [-0.4, -0.2) is 80.2 Å². The standard InChI is InChI=1S/C13H22N6O3S/c1-14-13(15-4-7-23(3,21)22)18-5-6-19(12(20)10-18)11-8-16-17(2)9-11/h8-9H,4-7,10H2,1-3H3,(H,14,15). The van der Waals surface area contributed by atoms with E-state index >= 15 is 0 Å². The minimum Gasteiger partial charge on any atom is -0.355 e. The van der Waals surface area contributed by atoms with E-state index < -0.39 is 9.84 Å². The third kappa shape index (κ3) is 4.68. The summed E-state index contributed by atoms with van der Waals surface area (Å²) in [6, 6.07) is 0. The highest BCUT2D eigenvalue weighted by atomic mass is 32.2. The average molecular weight is 342 g/mol. The number of sulfone groups is 1. The van der Waals surface area contributed by atoms with E-state index in [0.29, 0.717) is 19.0 Å². The van der Waals surface area contributed by atoms with E-state index in [-0.39, 0.29) is 24.7 Å². The number of anilines is 1.